The molecule has 0 fully saturated rings. The van der Waals surface area contributed by atoms with Crippen molar-refractivity contribution < 1.29 is 14.6 Å². The fourth-order valence-corrected chi connectivity index (χ4v) is 2.81. The lowest BCUT2D eigenvalue weighted by molar-refractivity contribution is -0.152. The molecular weight excluding hydrogens is 408 g/mol. The Hall–Kier alpha value is -3.85. The van der Waals surface area contributed by atoms with Crippen molar-refractivity contribution >= 4 is 18.1 Å². The van der Waals surface area contributed by atoms with E-state index in [-0.39, 0.29) is 5.97 Å². The predicted molar refractivity (Wildman–Crippen MR) is 138 cm³/mol. The number of rotatable bonds is 6. The van der Waals surface area contributed by atoms with Gasteiger partial charge in [0.2, 0.25) is 0 Å². The average molecular weight is 441 g/mol. The number of carbonyl (C=O) groups is 1. The number of allylic oxidation sites excluding steroid dienone is 2. The standard InChI is InChI=1S/C17H16O.C13H16O2/c1-14-6-8-15(9-7-14)4-2-3-5-16-10-12-17(18)13-11-16;1-10(2)12(14)15-13(3,4)11-8-6-5-7-9-11/h2-13,18H,1H3;5-9H,1H2,2-4H3. The van der Waals surface area contributed by atoms with E-state index in [9.17, 15) is 4.79 Å². The molecule has 0 heterocycles. The SMILES string of the molecule is C=C(C)C(=O)OC(C)(C)c1ccccc1.Cc1ccc(C=CC=Cc2ccc(O)cc2)cc1. The van der Waals surface area contributed by atoms with Crippen LogP contribution in [0.25, 0.3) is 12.2 Å². The molecule has 0 aliphatic carbocycles. The Kier molecular flexibility index (Phi) is 9.44. The van der Waals surface area contributed by atoms with Crippen molar-refractivity contribution in [1.29, 1.82) is 0 Å². The summed E-state index contributed by atoms with van der Waals surface area (Å²) in [7, 11) is 0. The van der Waals surface area contributed by atoms with Gasteiger partial charge in [0.1, 0.15) is 11.4 Å². The quantitative estimate of drug-likeness (QED) is 0.246. The number of phenolic OH excluding ortho intramolecular Hbond substituents is 1. The lowest BCUT2D eigenvalue weighted by Crippen LogP contribution is -2.25. The third-order valence-corrected chi connectivity index (χ3v) is 4.82. The zero-order valence-electron chi connectivity index (χ0n) is 19.8. The molecule has 170 valence electrons. The summed E-state index contributed by atoms with van der Waals surface area (Å²) in [6, 6.07) is 25.2. The Morgan fingerprint density at radius 1 is 0.848 bits per heavy atom. The van der Waals surface area contributed by atoms with Gasteiger partial charge in [-0.15, -0.1) is 0 Å². The summed E-state index contributed by atoms with van der Waals surface area (Å²) in [4.78, 5) is 11.4. The second-order valence-electron chi connectivity index (χ2n) is 8.27. The molecule has 0 bridgehead atoms. The van der Waals surface area contributed by atoms with Crippen molar-refractivity contribution in [3.8, 4) is 5.75 Å². The van der Waals surface area contributed by atoms with Crippen LogP contribution in [0.1, 0.15) is 43.0 Å². The van der Waals surface area contributed by atoms with Crippen LogP contribution in [-0.4, -0.2) is 11.1 Å². The second kappa shape index (κ2) is 12.3. The summed E-state index contributed by atoms with van der Waals surface area (Å²) in [6.45, 7) is 11.0. The van der Waals surface area contributed by atoms with Crippen molar-refractivity contribution in [2.24, 2.45) is 0 Å². The molecule has 1 N–H and O–H groups in total. The van der Waals surface area contributed by atoms with Gasteiger partial charge in [0.25, 0.3) is 0 Å². The molecule has 3 aromatic carbocycles. The van der Waals surface area contributed by atoms with Crippen LogP contribution >= 0.6 is 0 Å². The topological polar surface area (TPSA) is 46.5 Å². The molecule has 0 aromatic heterocycles. The fourth-order valence-electron chi connectivity index (χ4n) is 2.81. The molecule has 33 heavy (non-hydrogen) atoms. The van der Waals surface area contributed by atoms with Crippen LogP contribution in [0, 0.1) is 6.92 Å². The maximum absolute atomic E-state index is 11.4. The van der Waals surface area contributed by atoms with Gasteiger partial charge in [-0.3, -0.25) is 0 Å². The largest absolute Gasteiger partial charge is 0.508 e. The van der Waals surface area contributed by atoms with Crippen LogP contribution < -0.4 is 0 Å². The van der Waals surface area contributed by atoms with Gasteiger partial charge < -0.3 is 9.84 Å². The summed E-state index contributed by atoms with van der Waals surface area (Å²) < 4.78 is 5.35. The minimum absolute atomic E-state index is 0.294. The number of aryl methyl sites for hydroxylation is 1. The van der Waals surface area contributed by atoms with Crippen molar-refractivity contribution in [1.82, 2.24) is 0 Å². The van der Waals surface area contributed by atoms with E-state index < -0.39 is 5.60 Å². The molecule has 0 aliphatic rings. The van der Waals surface area contributed by atoms with Gasteiger partial charge in [-0.2, -0.15) is 0 Å². The number of carbonyl (C=O) groups excluding carboxylic acids is 1. The number of hydrogen-bond donors (Lipinski definition) is 1. The molecule has 0 spiro atoms. The van der Waals surface area contributed by atoms with Crippen LogP contribution in [0.15, 0.2) is 103 Å². The predicted octanol–water partition coefficient (Wildman–Crippen LogP) is 7.47. The summed E-state index contributed by atoms with van der Waals surface area (Å²) >= 11 is 0. The molecule has 0 saturated heterocycles. The molecule has 0 saturated carbocycles. The van der Waals surface area contributed by atoms with E-state index in [1.54, 1.807) is 19.1 Å². The van der Waals surface area contributed by atoms with Crippen LogP contribution in [0.5, 0.6) is 5.75 Å². The highest BCUT2D eigenvalue weighted by Gasteiger charge is 2.25. The number of phenols is 1. The first-order chi connectivity index (χ1) is 15.7. The normalized spacial score (nSPS) is 11.2. The van der Waals surface area contributed by atoms with Crippen molar-refractivity contribution in [3.63, 3.8) is 0 Å². The molecule has 0 atom stereocenters. The Bertz CT molecular complexity index is 1030. The molecule has 0 amide bonds. The summed E-state index contributed by atoms with van der Waals surface area (Å²) in [5.41, 5.74) is 4.31. The van der Waals surface area contributed by atoms with Crippen LogP contribution in [-0.2, 0) is 15.1 Å². The van der Waals surface area contributed by atoms with Crippen LogP contribution in [0.3, 0.4) is 0 Å². The molecular formula is C30H32O3. The first kappa shape index (κ1) is 25.4. The van der Waals surface area contributed by atoms with E-state index in [0.717, 1.165) is 11.1 Å². The highest BCUT2D eigenvalue weighted by atomic mass is 16.6. The minimum Gasteiger partial charge on any atom is -0.508 e. The van der Waals surface area contributed by atoms with Crippen molar-refractivity contribution in [3.05, 3.63) is 125 Å². The fraction of sp³-hybridized carbons (Fsp3) is 0.167. The molecule has 0 unspecified atom stereocenters. The Morgan fingerprint density at radius 3 is 1.82 bits per heavy atom. The van der Waals surface area contributed by atoms with Crippen LogP contribution in [0.2, 0.25) is 0 Å². The van der Waals surface area contributed by atoms with E-state index in [4.69, 9.17) is 9.84 Å². The molecule has 0 radical (unpaired) electrons. The van der Waals surface area contributed by atoms with Gasteiger partial charge in [-0.25, -0.2) is 4.79 Å². The lowest BCUT2D eigenvalue weighted by Gasteiger charge is -2.25. The zero-order chi connectivity index (χ0) is 24.3. The van der Waals surface area contributed by atoms with Gasteiger partial charge in [0, 0.05) is 5.57 Å². The van der Waals surface area contributed by atoms with Gasteiger partial charge >= 0.3 is 5.97 Å². The zero-order valence-corrected chi connectivity index (χ0v) is 19.8. The highest BCUT2D eigenvalue weighted by molar-refractivity contribution is 5.87. The third-order valence-electron chi connectivity index (χ3n) is 4.82. The average Bonchev–Trinajstić information content (AvgIpc) is 2.80. The Labute approximate surface area is 197 Å². The summed E-state index contributed by atoms with van der Waals surface area (Å²) in [6.07, 6.45) is 8.07. The van der Waals surface area contributed by atoms with Gasteiger partial charge in [-0.1, -0.05) is 103 Å². The number of esters is 1. The molecule has 3 nitrogen and oxygen atoms in total. The highest BCUT2D eigenvalue weighted by Crippen LogP contribution is 2.25. The van der Waals surface area contributed by atoms with E-state index >= 15 is 0 Å². The Balaban J connectivity index is 0.000000238. The maximum Gasteiger partial charge on any atom is 0.333 e. The second-order valence-corrected chi connectivity index (χ2v) is 8.27. The van der Waals surface area contributed by atoms with Crippen molar-refractivity contribution in [2.75, 3.05) is 0 Å². The number of aromatic hydroxyl groups is 1. The molecule has 3 aromatic rings. The monoisotopic (exact) mass is 440 g/mol. The lowest BCUT2D eigenvalue weighted by atomic mass is 9.98. The molecule has 3 rings (SSSR count). The molecule has 3 heteroatoms. The van der Waals surface area contributed by atoms with E-state index in [0.29, 0.717) is 11.3 Å². The third kappa shape index (κ3) is 9.04. The van der Waals surface area contributed by atoms with E-state index in [1.807, 2.05) is 74.5 Å². The molecule has 0 aliphatic heterocycles. The summed E-state index contributed by atoms with van der Waals surface area (Å²) in [5, 5.41) is 9.16. The van der Waals surface area contributed by atoms with Gasteiger partial charge in [-0.05, 0) is 56.5 Å². The van der Waals surface area contributed by atoms with Gasteiger partial charge in [0.05, 0.1) is 0 Å². The first-order valence-electron chi connectivity index (χ1n) is 10.8. The van der Waals surface area contributed by atoms with Crippen molar-refractivity contribution in [2.45, 2.75) is 33.3 Å². The first-order valence-corrected chi connectivity index (χ1v) is 10.8. The maximum atomic E-state index is 11.4. The number of ether oxygens (including phenoxy) is 1. The van der Waals surface area contributed by atoms with E-state index in [2.05, 4.69) is 43.8 Å². The minimum atomic E-state index is -0.614. The smallest absolute Gasteiger partial charge is 0.333 e. The van der Waals surface area contributed by atoms with E-state index in [1.165, 1.54) is 11.1 Å². The van der Waals surface area contributed by atoms with Gasteiger partial charge in [0.15, 0.2) is 0 Å². The number of hydrogen-bond acceptors (Lipinski definition) is 3. The summed E-state index contributed by atoms with van der Waals surface area (Å²) in [5.74, 6) is -0.0637. The van der Waals surface area contributed by atoms with Crippen LogP contribution in [0.4, 0.5) is 0 Å². The number of benzene rings is 3. The Morgan fingerprint density at radius 2 is 1.33 bits per heavy atom.